The van der Waals surface area contributed by atoms with E-state index in [9.17, 15) is 8.78 Å². The molecule has 1 unspecified atom stereocenters. The molecule has 1 atom stereocenters. The molecule has 6 heteroatoms. The minimum Gasteiger partial charge on any atom is -0.355 e. The van der Waals surface area contributed by atoms with Gasteiger partial charge in [0.15, 0.2) is 0 Å². The van der Waals surface area contributed by atoms with Gasteiger partial charge in [0.2, 0.25) is 5.95 Å². The summed E-state index contributed by atoms with van der Waals surface area (Å²) in [6, 6.07) is 4.09. The number of likely N-dealkylation sites (tertiary alicyclic amines) is 1. The molecule has 0 amide bonds. The number of nitrogens with zero attached hydrogens (tertiary/aromatic N) is 3. The molecule has 1 aromatic carbocycles. The first-order valence-electron chi connectivity index (χ1n) is 9.35. The maximum atomic E-state index is 13.8. The van der Waals surface area contributed by atoms with E-state index in [1.54, 1.807) is 0 Å². The maximum Gasteiger partial charge on any atom is 0.222 e. The van der Waals surface area contributed by atoms with Crippen LogP contribution in [0.5, 0.6) is 0 Å². The van der Waals surface area contributed by atoms with Gasteiger partial charge in [-0.05, 0) is 57.2 Å². The molecule has 140 valence electrons. The summed E-state index contributed by atoms with van der Waals surface area (Å²) < 4.78 is 27.6. The summed E-state index contributed by atoms with van der Waals surface area (Å²) >= 11 is 0. The molecule has 0 radical (unpaired) electrons. The summed E-state index contributed by atoms with van der Waals surface area (Å²) in [5, 5.41) is 3.09. The fourth-order valence-corrected chi connectivity index (χ4v) is 3.59. The molecule has 1 fully saturated rings. The van der Waals surface area contributed by atoms with Crippen LogP contribution in [0, 0.1) is 17.6 Å². The number of hydrogen-bond donors (Lipinski definition) is 1. The first kappa shape index (κ1) is 18.7. The predicted octanol–water partition coefficient (Wildman–Crippen LogP) is 4.03. The van der Waals surface area contributed by atoms with E-state index < -0.39 is 11.6 Å². The van der Waals surface area contributed by atoms with Gasteiger partial charge in [-0.3, -0.25) is 4.90 Å². The lowest BCUT2D eigenvalue weighted by Gasteiger charge is -2.32. The highest BCUT2D eigenvalue weighted by molar-refractivity contribution is 5.24. The van der Waals surface area contributed by atoms with Gasteiger partial charge in [-0.1, -0.05) is 6.07 Å². The zero-order valence-corrected chi connectivity index (χ0v) is 15.2. The Morgan fingerprint density at radius 2 is 1.92 bits per heavy atom. The van der Waals surface area contributed by atoms with Gasteiger partial charge in [-0.25, -0.2) is 18.7 Å². The zero-order chi connectivity index (χ0) is 18.4. The molecular formula is C20H26F2N4. The number of aromatic nitrogens is 2. The summed E-state index contributed by atoms with van der Waals surface area (Å²) in [6.45, 7) is 5.62. The van der Waals surface area contributed by atoms with Crippen molar-refractivity contribution >= 4 is 5.95 Å². The average molecular weight is 360 g/mol. The molecule has 0 bridgehead atoms. The van der Waals surface area contributed by atoms with Crippen molar-refractivity contribution < 1.29 is 8.78 Å². The predicted molar refractivity (Wildman–Crippen MR) is 98.9 cm³/mol. The van der Waals surface area contributed by atoms with Crippen molar-refractivity contribution in [1.82, 2.24) is 14.9 Å². The Kier molecular flexibility index (Phi) is 6.50. The van der Waals surface area contributed by atoms with Crippen LogP contribution in [0.25, 0.3) is 0 Å². The fraction of sp³-hybridized carbons (Fsp3) is 0.500. The van der Waals surface area contributed by atoms with Gasteiger partial charge in [-0.15, -0.1) is 0 Å². The highest BCUT2D eigenvalue weighted by Crippen LogP contribution is 2.24. The van der Waals surface area contributed by atoms with Crippen molar-refractivity contribution in [2.75, 3.05) is 25.0 Å². The van der Waals surface area contributed by atoms with E-state index in [1.807, 2.05) is 19.3 Å². The van der Waals surface area contributed by atoms with Crippen LogP contribution in [0.4, 0.5) is 14.7 Å². The second-order valence-electron chi connectivity index (χ2n) is 6.93. The van der Waals surface area contributed by atoms with E-state index in [1.165, 1.54) is 18.2 Å². The number of rotatable bonds is 7. The molecule has 0 aliphatic carbocycles. The Bertz CT molecular complexity index is 685. The quantitative estimate of drug-likeness (QED) is 0.809. The van der Waals surface area contributed by atoms with Crippen LogP contribution in [0.1, 0.15) is 37.3 Å². The molecule has 1 aliphatic heterocycles. The second kappa shape index (κ2) is 9.03. The molecule has 0 saturated carbocycles. The Labute approximate surface area is 153 Å². The third kappa shape index (κ3) is 4.97. The lowest BCUT2D eigenvalue weighted by Crippen LogP contribution is -2.35. The Morgan fingerprint density at radius 3 is 2.62 bits per heavy atom. The fourth-order valence-electron chi connectivity index (χ4n) is 3.59. The first-order chi connectivity index (χ1) is 12.7. The smallest absolute Gasteiger partial charge is 0.222 e. The molecule has 2 aromatic rings. The van der Waals surface area contributed by atoms with Crippen molar-refractivity contribution in [2.24, 2.45) is 5.92 Å². The summed E-state index contributed by atoms with van der Waals surface area (Å²) in [6.07, 6.45) is 7.22. The molecule has 3 rings (SSSR count). The summed E-state index contributed by atoms with van der Waals surface area (Å²) in [5.74, 6) is 0.246. The Balaban J connectivity index is 1.52. The van der Waals surface area contributed by atoms with Gasteiger partial charge < -0.3 is 5.32 Å². The molecule has 26 heavy (non-hydrogen) atoms. The summed E-state index contributed by atoms with van der Waals surface area (Å²) in [4.78, 5) is 11.0. The number of halogens is 2. The van der Waals surface area contributed by atoms with E-state index in [-0.39, 0.29) is 5.56 Å². The number of hydrogen-bond acceptors (Lipinski definition) is 4. The van der Waals surface area contributed by atoms with E-state index in [0.29, 0.717) is 18.3 Å². The minimum atomic E-state index is -0.435. The molecule has 1 aromatic heterocycles. The van der Waals surface area contributed by atoms with Gasteiger partial charge in [0.05, 0.1) is 0 Å². The Hall–Kier alpha value is -2.08. The average Bonchev–Trinajstić information content (AvgIpc) is 2.64. The molecule has 1 saturated heterocycles. The van der Waals surface area contributed by atoms with Crippen molar-refractivity contribution in [3.63, 3.8) is 0 Å². The monoisotopic (exact) mass is 360 g/mol. The molecule has 4 nitrogen and oxygen atoms in total. The standard InChI is InChI=1S/C20H26F2N4/c1-2-23-20-24-11-16(12-25-20)14-26-10-4-5-15(13-26)8-9-17-18(21)6-3-7-19(17)22/h3,6-7,11-12,15H,2,4-5,8-10,13-14H2,1H3,(H,23,24,25). The van der Waals surface area contributed by atoms with Crippen molar-refractivity contribution in [3.8, 4) is 0 Å². The van der Waals surface area contributed by atoms with Crippen molar-refractivity contribution in [1.29, 1.82) is 0 Å². The normalized spacial score (nSPS) is 18.0. The maximum absolute atomic E-state index is 13.8. The van der Waals surface area contributed by atoms with Crippen molar-refractivity contribution in [3.05, 3.63) is 53.4 Å². The van der Waals surface area contributed by atoms with Crippen molar-refractivity contribution in [2.45, 2.75) is 39.2 Å². The van der Waals surface area contributed by atoms with Gasteiger partial charge in [0, 0.05) is 43.2 Å². The second-order valence-corrected chi connectivity index (χ2v) is 6.93. The highest BCUT2D eigenvalue weighted by atomic mass is 19.1. The van der Waals surface area contributed by atoms with Crippen LogP contribution in [-0.2, 0) is 13.0 Å². The third-order valence-electron chi connectivity index (χ3n) is 4.91. The van der Waals surface area contributed by atoms with Gasteiger partial charge in [-0.2, -0.15) is 0 Å². The van der Waals surface area contributed by atoms with Crippen LogP contribution in [0.3, 0.4) is 0 Å². The summed E-state index contributed by atoms with van der Waals surface area (Å²) in [5.41, 5.74) is 1.31. The third-order valence-corrected chi connectivity index (χ3v) is 4.91. The number of anilines is 1. The lowest BCUT2D eigenvalue weighted by molar-refractivity contribution is 0.161. The van der Waals surface area contributed by atoms with Crippen LogP contribution in [-0.4, -0.2) is 34.5 Å². The molecule has 2 heterocycles. The first-order valence-corrected chi connectivity index (χ1v) is 9.35. The largest absolute Gasteiger partial charge is 0.355 e. The van der Waals surface area contributed by atoms with Crippen LogP contribution >= 0.6 is 0 Å². The topological polar surface area (TPSA) is 41.1 Å². The Morgan fingerprint density at radius 1 is 1.19 bits per heavy atom. The lowest BCUT2D eigenvalue weighted by atomic mass is 9.91. The number of nitrogens with one attached hydrogen (secondary N) is 1. The van der Waals surface area contributed by atoms with E-state index in [0.717, 1.165) is 51.0 Å². The summed E-state index contributed by atoms with van der Waals surface area (Å²) in [7, 11) is 0. The zero-order valence-electron chi connectivity index (χ0n) is 15.2. The van der Waals surface area contributed by atoms with E-state index in [2.05, 4.69) is 20.2 Å². The van der Waals surface area contributed by atoms with Crippen LogP contribution in [0.2, 0.25) is 0 Å². The molecule has 1 N–H and O–H groups in total. The minimum absolute atomic E-state index is 0.219. The van der Waals surface area contributed by atoms with Crippen LogP contribution in [0.15, 0.2) is 30.6 Å². The van der Waals surface area contributed by atoms with Gasteiger partial charge in [0.25, 0.3) is 0 Å². The van der Waals surface area contributed by atoms with Crippen LogP contribution < -0.4 is 5.32 Å². The van der Waals surface area contributed by atoms with E-state index >= 15 is 0 Å². The SMILES string of the molecule is CCNc1ncc(CN2CCCC(CCc3c(F)cccc3F)C2)cn1. The van der Waals surface area contributed by atoms with Gasteiger partial charge >= 0.3 is 0 Å². The van der Waals surface area contributed by atoms with E-state index in [4.69, 9.17) is 0 Å². The highest BCUT2D eigenvalue weighted by Gasteiger charge is 2.21. The number of piperidine rings is 1. The molecular weight excluding hydrogens is 334 g/mol. The molecule has 0 spiro atoms. The van der Waals surface area contributed by atoms with Gasteiger partial charge in [0.1, 0.15) is 11.6 Å². The number of benzene rings is 1. The molecule has 1 aliphatic rings.